The number of anilines is 2. The summed E-state index contributed by atoms with van der Waals surface area (Å²) in [6, 6.07) is 4.85. The summed E-state index contributed by atoms with van der Waals surface area (Å²) in [5, 5.41) is 20.7. The molecule has 0 aliphatic carbocycles. The molecule has 0 bridgehead atoms. The fourth-order valence-corrected chi connectivity index (χ4v) is 3.99. The van der Waals surface area contributed by atoms with Gasteiger partial charge in [-0.2, -0.15) is 13.2 Å². The highest BCUT2D eigenvalue weighted by Gasteiger charge is 2.53. The monoisotopic (exact) mass is 451 g/mol. The molecule has 1 aromatic heterocycles. The summed E-state index contributed by atoms with van der Waals surface area (Å²) in [7, 11) is 0. The first-order chi connectivity index (χ1) is 15.0. The molecule has 0 radical (unpaired) electrons. The van der Waals surface area contributed by atoms with Gasteiger partial charge in [0.2, 0.25) is 0 Å². The van der Waals surface area contributed by atoms with Crippen LogP contribution in [0, 0.1) is 13.8 Å². The van der Waals surface area contributed by atoms with Crippen molar-refractivity contribution in [1.29, 1.82) is 0 Å². The van der Waals surface area contributed by atoms with Crippen LogP contribution in [0.1, 0.15) is 16.8 Å². The lowest BCUT2D eigenvalue weighted by molar-refractivity contribution is -0.137. The molecule has 2 aliphatic rings. The highest BCUT2D eigenvalue weighted by Crippen LogP contribution is 2.38. The van der Waals surface area contributed by atoms with Gasteiger partial charge < -0.3 is 19.8 Å². The Labute approximate surface area is 180 Å². The van der Waals surface area contributed by atoms with Crippen LogP contribution in [0.15, 0.2) is 30.3 Å². The summed E-state index contributed by atoms with van der Waals surface area (Å²) in [6.45, 7) is 3.33. The van der Waals surface area contributed by atoms with E-state index in [0.29, 0.717) is 22.4 Å². The number of aliphatic hydroxyl groups is 2. The third-order valence-electron chi connectivity index (χ3n) is 5.49. The Balaban J connectivity index is 1.79. The van der Waals surface area contributed by atoms with Crippen molar-refractivity contribution in [3.05, 3.63) is 47.2 Å². The van der Waals surface area contributed by atoms with Crippen molar-refractivity contribution in [3.63, 3.8) is 0 Å². The van der Waals surface area contributed by atoms with Crippen molar-refractivity contribution in [2.45, 2.75) is 38.3 Å². The number of pyridine rings is 1. The summed E-state index contributed by atoms with van der Waals surface area (Å²) in [5.74, 6) is -1.91. The third-order valence-corrected chi connectivity index (χ3v) is 5.49. The van der Waals surface area contributed by atoms with Crippen molar-refractivity contribution in [1.82, 2.24) is 4.98 Å². The third kappa shape index (κ3) is 3.56. The molecule has 2 aliphatic heterocycles. The second kappa shape index (κ2) is 7.75. The van der Waals surface area contributed by atoms with Crippen LogP contribution in [0.5, 0.6) is 5.75 Å². The Morgan fingerprint density at radius 2 is 1.94 bits per heavy atom. The number of para-hydroxylation sites is 1. The summed E-state index contributed by atoms with van der Waals surface area (Å²) < 4.78 is 45.6. The molecule has 2 N–H and O–H groups in total. The van der Waals surface area contributed by atoms with E-state index in [4.69, 9.17) is 4.74 Å². The minimum atomic E-state index is -4.72. The van der Waals surface area contributed by atoms with E-state index in [1.165, 1.54) is 11.8 Å². The van der Waals surface area contributed by atoms with Crippen molar-refractivity contribution in [3.8, 4) is 5.75 Å². The Morgan fingerprint density at radius 1 is 1.22 bits per heavy atom. The SMILES string of the molecule is Cc1cc(C(F)(F)F)cc(N2C(=O)[C@@H](O)[C@@H](O)[C@H]2C(=O)N2CCOc3c(C)cccc32)n1. The first-order valence-corrected chi connectivity index (χ1v) is 9.79. The number of hydrogen-bond donors (Lipinski definition) is 2. The Morgan fingerprint density at radius 3 is 2.62 bits per heavy atom. The van der Waals surface area contributed by atoms with Gasteiger partial charge in [0, 0.05) is 5.69 Å². The first kappa shape index (κ1) is 22.0. The molecule has 2 aromatic rings. The fraction of sp³-hybridized carbons (Fsp3) is 0.381. The molecule has 170 valence electrons. The Kier molecular flexibility index (Phi) is 5.33. The van der Waals surface area contributed by atoms with E-state index < -0.39 is 47.6 Å². The lowest BCUT2D eigenvalue weighted by atomic mass is 10.1. The van der Waals surface area contributed by atoms with Crippen LogP contribution < -0.4 is 14.5 Å². The molecule has 8 nitrogen and oxygen atoms in total. The van der Waals surface area contributed by atoms with Gasteiger partial charge in [0.25, 0.3) is 11.8 Å². The quantitative estimate of drug-likeness (QED) is 0.719. The number of fused-ring (bicyclic) bond motifs is 1. The molecule has 11 heteroatoms. The molecule has 1 aromatic carbocycles. The molecule has 0 saturated carbocycles. The largest absolute Gasteiger partial charge is 0.489 e. The molecular formula is C21H20F3N3O5. The minimum absolute atomic E-state index is 0.0444. The number of benzene rings is 1. The number of aliphatic hydroxyl groups excluding tert-OH is 2. The standard InChI is InChI=1S/C21H20F3N3O5/c1-10-4-3-5-13-18(10)32-7-6-26(13)19(30)15-16(28)17(29)20(31)27(15)14-9-12(21(22,23)24)8-11(2)25-14/h3-5,8-9,15-17,28-29H,6-7H2,1-2H3/t15-,16-,17-/m0/s1. The van der Waals surface area contributed by atoms with Gasteiger partial charge >= 0.3 is 6.18 Å². The van der Waals surface area contributed by atoms with Crippen LogP contribution in [-0.4, -0.2) is 58.4 Å². The van der Waals surface area contributed by atoms with E-state index in [1.54, 1.807) is 25.1 Å². The van der Waals surface area contributed by atoms with E-state index in [-0.39, 0.29) is 18.8 Å². The number of halogens is 3. The van der Waals surface area contributed by atoms with Crippen molar-refractivity contribution in [2.75, 3.05) is 23.0 Å². The molecule has 3 heterocycles. The van der Waals surface area contributed by atoms with E-state index >= 15 is 0 Å². The van der Waals surface area contributed by atoms with Crippen LogP contribution in [0.2, 0.25) is 0 Å². The molecular weight excluding hydrogens is 431 g/mol. The normalized spacial score (nSPS) is 23.2. The van der Waals surface area contributed by atoms with Crippen LogP contribution in [0.3, 0.4) is 0 Å². The highest BCUT2D eigenvalue weighted by atomic mass is 19.4. The minimum Gasteiger partial charge on any atom is -0.489 e. The summed E-state index contributed by atoms with van der Waals surface area (Å²) in [4.78, 5) is 32.1. The van der Waals surface area contributed by atoms with Gasteiger partial charge in [-0.15, -0.1) is 0 Å². The van der Waals surface area contributed by atoms with Crippen molar-refractivity contribution >= 4 is 23.3 Å². The average Bonchev–Trinajstić information content (AvgIpc) is 2.96. The van der Waals surface area contributed by atoms with Gasteiger partial charge in [0.05, 0.1) is 17.8 Å². The Bertz CT molecular complexity index is 1090. The predicted octanol–water partition coefficient (Wildman–Crippen LogP) is 1.58. The highest BCUT2D eigenvalue weighted by molar-refractivity contribution is 6.11. The second-order valence-electron chi connectivity index (χ2n) is 7.70. The zero-order valence-electron chi connectivity index (χ0n) is 17.1. The van der Waals surface area contributed by atoms with Gasteiger partial charge in [0.1, 0.15) is 30.3 Å². The van der Waals surface area contributed by atoms with Crippen LogP contribution >= 0.6 is 0 Å². The molecule has 1 fully saturated rings. The van der Waals surface area contributed by atoms with Crippen LogP contribution in [-0.2, 0) is 15.8 Å². The summed E-state index contributed by atoms with van der Waals surface area (Å²) in [6.07, 6.45) is -8.57. The number of carbonyl (C=O) groups excluding carboxylic acids is 2. The van der Waals surface area contributed by atoms with Gasteiger partial charge in [-0.25, -0.2) is 4.98 Å². The van der Waals surface area contributed by atoms with Gasteiger partial charge in [-0.05, 0) is 37.6 Å². The first-order valence-electron chi connectivity index (χ1n) is 9.79. The lowest BCUT2D eigenvalue weighted by Crippen LogP contribution is -2.53. The summed E-state index contributed by atoms with van der Waals surface area (Å²) >= 11 is 0. The molecule has 32 heavy (non-hydrogen) atoms. The number of aryl methyl sites for hydroxylation is 2. The van der Waals surface area contributed by atoms with Crippen molar-refractivity contribution in [2.24, 2.45) is 0 Å². The van der Waals surface area contributed by atoms with Gasteiger partial charge in [0.15, 0.2) is 6.10 Å². The topological polar surface area (TPSA) is 103 Å². The maximum Gasteiger partial charge on any atom is 0.416 e. The van der Waals surface area contributed by atoms with Crippen molar-refractivity contribution < 1.29 is 37.7 Å². The van der Waals surface area contributed by atoms with E-state index in [1.807, 2.05) is 0 Å². The number of carbonyl (C=O) groups is 2. The maximum atomic E-state index is 13.5. The number of hydrogen-bond acceptors (Lipinski definition) is 6. The molecule has 2 amide bonds. The number of nitrogens with zero attached hydrogens (tertiary/aromatic N) is 3. The number of aromatic nitrogens is 1. The summed E-state index contributed by atoms with van der Waals surface area (Å²) in [5.41, 5.74) is 0.0461. The number of rotatable bonds is 2. The number of ether oxygens (including phenoxy) is 1. The molecule has 0 unspecified atom stereocenters. The van der Waals surface area contributed by atoms with E-state index in [0.717, 1.165) is 11.6 Å². The smallest absolute Gasteiger partial charge is 0.416 e. The predicted molar refractivity (Wildman–Crippen MR) is 106 cm³/mol. The van der Waals surface area contributed by atoms with E-state index in [2.05, 4.69) is 4.98 Å². The van der Waals surface area contributed by atoms with E-state index in [9.17, 15) is 33.0 Å². The average molecular weight is 451 g/mol. The molecule has 4 rings (SSSR count). The molecule has 3 atom stereocenters. The van der Waals surface area contributed by atoms with Crippen LogP contribution in [0.4, 0.5) is 24.7 Å². The van der Waals surface area contributed by atoms with Crippen LogP contribution in [0.25, 0.3) is 0 Å². The fourth-order valence-electron chi connectivity index (χ4n) is 3.99. The lowest BCUT2D eigenvalue weighted by Gasteiger charge is -2.34. The second-order valence-corrected chi connectivity index (χ2v) is 7.70. The Hall–Kier alpha value is -3.18. The van der Waals surface area contributed by atoms with Gasteiger partial charge in [-0.3, -0.25) is 14.5 Å². The molecule has 1 saturated heterocycles. The maximum absolute atomic E-state index is 13.5. The van der Waals surface area contributed by atoms with Gasteiger partial charge in [-0.1, -0.05) is 12.1 Å². The molecule has 0 spiro atoms. The number of alkyl halides is 3. The zero-order valence-corrected chi connectivity index (χ0v) is 17.1. The number of amides is 2. The zero-order chi connectivity index (χ0) is 23.4.